The molecule has 3 nitrogen and oxygen atoms in total. The molecule has 0 aliphatic carbocycles. The highest BCUT2D eigenvalue weighted by atomic mass is 35.5. The number of hydrogen-bond acceptors (Lipinski definition) is 3. The van der Waals surface area contributed by atoms with Crippen LogP contribution in [0.1, 0.15) is 5.56 Å². The largest absolute Gasteiger partial charge is 0.397 e. The molecule has 1 fully saturated rings. The number of nitrogen functional groups attached to an aromatic ring is 1. The molecule has 0 unspecified atom stereocenters. The van der Waals surface area contributed by atoms with E-state index in [-0.39, 0.29) is 0 Å². The monoisotopic (exact) mass is 301 g/mol. The van der Waals surface area contributed by atoms with E-state index in [2.05, 4.69) is 28.9 Å². The maximum Gasteiger partial charge on any atom is 0.0630 e. The van der Waals surface area contributed by atoms with Crippen LogP contribution in [0.2, 0.25) is 5.02 Å². The second-order valence-corrected chi connectivity index (χ2v) is 5.90. The summed E-state index contributed by atoms with van der Waals surface area (Å²) in [5, 5.41) is 0.790. The van der Waals surface area contributed by atoms with Gasteiger partial charge in [0.15, 0.2) is 0 Å². The van der Waals surface area contributed by atoms with Crippen LogP contribution in [-0.2, 0) is 0 Å². The molecule has 4 heteroatoms. The number of nitrogens with two attached hydrogens (primary N) is 1. The van der Waals surface area contributed by atoms with Crippen LogP contribution >= 0.6 is 11.6 Å². The Bertz CT molecular complexity index is 613. The second kappa shape index (κ2) is 5.86. The van der Waals surface area contributed by atoms with Crippen molar-refractivity contribution >= 4 is 28.7 Å². The molecule has 1 aliphatic heterocycles. The first-order chi connectivity index (χ1) is 10.1. The van der Waals surface area contributed by atoms with Crippen LogP contribution in [0.3, 0.4) is 0 Å². The molecule has 1 saturated heterocycles. The lowest BCUT2D eigenvalue weighted by Crippen LogP contribution is -2.47. The van der Waals surface area contributed by atoms with Gasteiger partial charge in [-0.25, -0.2) is 0 Å². The number of nitrogens with zero attached hydrogens (tertiary/aromatic N) is 2. The van der Waals surface area contributed by atoms with Crippen LogP contribution in [0.15, 0.2) is 42.5 Å². The van der Waals surface area contributed by atoms with Crippen molar-refractivity contribution in [2.24, 2.45) is 0 Å². The van der Waals surface area contributed by atoms with Gasteiger partial charge in [0.05, 0.1) is 11.4 Å². The molecule has 0 amide bonds. The van der Waals surface area contributed by atoms with Crippen molar-refractivity contribution in [2.45, 2.75) is 6.92 Å². The van der Waals surface area contributed by atoms with E-state index >= 15 is 0 Å². The third-order valence-electron chi connectivity index (χ3n) is 4.04. The number of halogens is 1. The van der Waals surface area contributed by atoms with Gasteiger partial charge in [-0.3, -0.25) is 0 Å². The van der Waals surface area contributed by atoms with Gasteiger partial charge in [-0.1, -0.05) is 29.8 Å². The van der Waals surface area contributed by atoms with Crippen LogP contribution < -0.4 is 15.5 Å². The lowest BCUT2D eigenvalue weighted by atomic mass is 10.1. The summed E-state index contributed by atoms with van der Waals surface area (Å²) in [6.07, 6.45) is 0. The minimum Gasteiger partial charge on any atom is -0.397 e. The molecular formula is C17H20ClN3. The molecule has 1 aliphatic rings. The van der Waals surface area contributed by atoms with Gasteiger partial charge in [-0.05, 0) is 36.8 Å². The summed E-state index contributed by atoms with van der Waals surface area (Å²) in [6.45, 7) is 6.03. The number of benzene rings is 2. The van der Waals surface area contributed by atoms with Crippen molar-refractivity contribution in [3.63, 3.8) is 0 Å². The molecule has 1 heterocycles. The van der Waals surface area contributed by atoms with Gasteiger partial charge in [0, 0.05) is 36.9 Å². The van der Waals surface area contributed by atoms with Crippen molar-refractivity contribution in [1.82, 2.24) is 0 Å². The van der Waals surface area contributed by atoms with E-state index in [0.717, 1.165) is 36.9 Å². The van der Waals surface area contributed by atoms with Crippen molar-refractivity contribution in [1.29, 1.82) is 0 Å². The van der Waals surface area contributed by atoms with Crippen LogP contribution in [-0.4, -0.2) is 26.2 Å². The summed E-state index contributed by atoms with van der Waals surface area (Å²) in [4.78, 5) is 4.75. The van der Waals surface area contributed by atoms with Gasteiger partial charge >= 0.3 is 0 Å². The maximum atomic E-state index is 6.15. The van der Waals surface area contributed by atoms with Crippen LogP contribution in [0, 0.1) is 6.92 Å². The zero-order valence-corrected chi connectivity index (χ0v) is 13.0. The molecule has 0 spiro atoms. The lowest BCUT2D eigenvalue weighted by molar-refractivity contribution is 0.653. The third-order valence-corrected chi connectivity index (χ3v) is 4.27. The molecule has 0 radical (unpaired) electrons. The van der Waals surface area contributed by atoms with Gasteiger partial charge in [-0.15, -0.1) is 0 Å². The fourth-order valence-corrected chi connectivity index (χ4v) is 3.16. The highest BCUT2D eigenvalue weighted by molar-refractivity contribution is 6.30. The number of hydrogen-bond donors (Lipinski definition) is 1. The molecule has 2 aromatic carbocycles. The molecule has 0 atom stereocenters. The van der Waals surface area contributed by atoms with E-state index < -0.39 is 0 Å². The topological polar surface area (TPSA) is 32.5 Å². The molecule has 21 heavy (non-hydrogen) atoms. The van der Waals surface area contributed by atoms with Gasteiger partial charge in [-0.2, -0.15) is 0 Å². The minimum atomic E-state index is 0.790. The number of para-hydroxylation sites is 1. The van der Waals surface area contributed by atoms with Crippen LogP contribution in [0.5, 0.6) is 0 Å². The summed E-state index contributed by atoms with van der Waals surface area (Å²) in [5.41, 5.74) is 10.6. The van der Waals surface area contributed by atoms with E-state index in [1.807, 2.05) is 30.3 Å². The van der Waals surface area contributed by atoms with Gasteiger partial charge in [0.2, 0.25) is 0 Å². The molecule has 3 rings (SSSR count). The van der Waals surface area contributed by atoms with E-state index in [9.17, 15) is 0 Å². The quantitative estimate of drug-likeness (QED) is 0.861. The Labute approximate surface area is 130 Å². The third kappa shape index (κ3) is 2.93. The van der Waals surface area contributed by atoms with E-state index in [4.69, 9.17) is 17.3 Å². The number of piperazine rings is 1. The number of anilines is 3. The molecule has 0 saturated carbocycles. The van der Waals surface area contributed by atoms with E-state index in [0.29, 0.717) is 0 Å². The minimum absolute atomic E-state index is 0.790. The smallest absolute Gasteiger partial charge is 0.0630 e. The number of aryl methyl sites for hydroxylation is 1. The normalized spacial score (nSPS) is 15.3. The summed E-state index contributed by atoms with van der Waals surface area (Å²) in [6, 6.07) is 14.2. The van der Waals surface area contributed by atoms with Crippen molar-refractivity contribution in [3.05, 3.63) is 53.1 Å². The molecular weight excluding hydrogens is 282 g/mol. The van der Waals surface area contributed by atoms with Crippen molar-refractivity contribution in [3.8, 4) is 0 Å². The Hall–Kier alpha value is -1.87. The zero-order chi connectivity index (χ0) is 14.8. The Morgan fingerprint density at radius 1 is 0.952 bits per heavy atom. The highest BCUT2D eigenvalue weighted by Gasteiger charge is 2.20. The van der Waals surface area contributed by atoms with Gasteiger partial charge in [0.1, 0.15) is 0 Å². The second-order valence-electron chi connectivity index (χ2n) is 5.47. The fourth-order valence-electron chi connectivity index (χ4n) is 2.97. The summed E-state index contributed by atoms with van der Waals surface area (Å²) in [7, 11) is 0. The van der Waals surface area contributed by atoms with Gasteiger partial charge in [0.25, 0.3) is 0 Å². The first kappa shape index (κ1) is 14.1. The first-order valence-electron chi connectivity index (χ1n) is 7.26. The Balaban J connectivity index is 1.73. The average molecular weight is 302 g/mol. The van der Waals surface area contributed by atoms with Crippen LogP contribution in [0.4, 0.5) is 17.1 Å². The van der Waals surface area contributed by atoms with Crippen LogP contribution in [0.25, 0.3) is 0 Å². The van der Waals surface area contributed by atoms with Gasteiger partial charge < -0.3 is 15.5 Å². The van der Waals surface area contributed by atoms with E-state index in [1.54, 1.807) is 0 Å². The Kier molecular flexibility index (Phi) is 3.93. The predicted molar refractivity (Wildman–Crippen MR) is 91.5 cm³/mol. The zero-order valence-electron chi connectivity index (χ0n) is 12.2. The standard InChI is InChI=1S/C17H20ClN3/c1-13-4-2-7-16(19)17(13)21-10-8-20(9-11-21)15-6-3-5-14(18)12-15/h2-7,12H,8-11,19H2,1H3. The Morgan fingerprint density at radius 3 is 2.29 bits per heavy atom. The summed E-state index contributed by atoms with van der Waals surface area (Å²) < 4.78 is 0. The molecule has 110 valence electrons. The maximum absolute atomic E-state index is 6.15. The SMILES string of the molecule is Cc1cccc(N)c1N1CCN(c2cccc(Cl)c2)CC1. The summed E-state index contributed by atoms with van der Waals surface area (Å²) in [5.74, 6) is 0. The predicted octanol–water partition coefficient (Wildman–Crippen LogP) is 3.56. The number of rotatable bonds is 2. The first-order valence-corrected chi connectivity index (χ1v) is 7.63. The Morgan fingerprint density at radius 2 is 1.62 bits per heavy atom. The average Bonchev–Trinajstić information content (AvgIpc) is 2.48. The summed E-state index contributed by atoms with van der Waals surface area (Å²) >= 11 is 6.08. The molecule has 2 N–H and O–H groups in total. The molecule has 0 bridgehead atoms. The molecule has 0 aromatic heterocycles. The van der Waals surface area contributed by atoms with E-state index in [1.165, 1.54) is 16.9 Å². The lowest BCUT2D eigenvalue weighted by Gasteiger charge is -2.38. The van der Waals surface area contributed by atoms with Crippen molar-refractivity contribution < 1.29 is 0 Å². The van der Waals surface area contributed by atoms with Crippen molar-refractivity contribution in [2.75, 3.05) is 41.7 Å². The highest BCUT2D eigenvalue weighted by Crippen LogP contribution is 2.29. The fraction of sp³-hybridized carbons (Fsp3) is 0.294. The molecule has 2 aromatic rings.